The van der Waals surface area contributed by atoms with Gasteiger partial charge in [-0.25, -0.2) is 4.79 Å². The molecule has 0 aromatic rings. The molecule has 0 aromatic heterocycles. The molecule has 12 heavy (non-hydrogen) atoms. The van der Waals surface area contributed by atoms with E-state index in [1.807, 2.05) is 0 Å². The maximum atomic E-state index is 9.00. The quantitative estimate of drug-likeness (QED) is 0.328. The van der Waals surface area contributed by atoms with Gasteiger partial charge in [0.1, 0.15) is 0 Å². The van der Waals surface area contributed by atoms with Crippen molar-refractivity contribution in [3.8, 4) is 0 Å². The molecule has 0 saturated heterocycles. The fourth-order valence-electron chi connectivity index (χ4n) is 0. The Morgan fingerprint density at radius 1 is 1.17 bits per heavy atom. The van der Waals surface area contributed by atoms with Crippen molar-refractivity contribution in [3.05, 3.63) is 0 Å². The molecule has 2 amide bonds. The van der Waals surface area contributed by atoms with Crippen LogP contribution in [-0.2, 0) is 47.2 Å². The molecular formula is CH7ClCrN2O5SZn. The number of rotatable bonds is 0. The first-order chi connectivity index (χ1) is 3.73. The van der Waals surface area contributed by atoms with Gasteiger partial charge in [0.05, 0.1) is 0 Å². The van der Waals surface area contributed by atoms with Crippen LogP contribution in [0, 0.1) is 0 Å². The van der Waals surface area contributed by atoms with E-state index in [1.165, 1.54) is 0 Å². The average molecular weight is 312 g/mol. The van der Waals surface area contributed by atoms with E-state index in [2.05, 4.69) is 11.5 Å². The summed E-state index contributed by atoms with van der Waals surface area (Å²) in [5, 5.41) is 0. The molecule has 0 rings (SSSR count). The number of primary amides is 2. The minimum atomic E-state index is -4.67. The van der Waals surface area contributed by atoms with Gasteiger partial charge in [0, 0.05) is 36.8 Å². The summed E-state index contributed by atoms with van der Waals surface area (Å²) >= 11 is 0. The third-order valence-electron chi connectivity index (χ3n) is 0. The number of urea groups is 1. The van der Waals surface area contributed by atoms with Crippen molar-refractivity contribution in [2.45, 2.75) is 0 Å². The Bertz CT molecular complexity index is 172. The maximum Gasteiger partial charge on any atom is 0.394 e. The number of hydrogen-bond donors (Lipinski definition) is 4. The molecule has 72 valence electrons. The summed E-state index contributed by atoms with van der Waals surface area (Å²) < 4.78 is 31.6. The van der Waals surface area contributed by atoms with Crippen molar-refractivity contribution in [2.24, 2.45) is 11.5 Å². The summed E-state index contributed by atoms with van der Waals surface area (Å²) in [6.45, 7) is 0. The molecule has 0 aliphatic carbocycles. The summed E-state index contributed by atoms with van der Waals surface area (Å²) in [4.78, 5) is 9.00. The third-order valence-corrected chi connectivity index (χ3v) is 0. The minimum absolute atomic E-state index is 0. The molecule has 0 unspecified atom stereocenters. The van der Waals surface area contributed by atoms with E-state index in [9.17, 15) is 0 Å². The monoisotopic (exact) mass is 310 g/mol. The Balaban J connectivity index is -0.0000000221. The maximum absolute atomic E-state index is 9.00. The molecule has 11 heteroatoms. The number of amides is 2. The zero-order chi connectivity index (χ0) is 8.08. The Kier molecular flexibility index (Phi) is 34.6. The van der Waals surface area contributed by atoms with Crippen molar-refractivity contribution < 1.29 is 59.2 Å². The van der Waals surface area contributed by atoms with Crippen LogP contribution in [0.5, 0.6) is 0 Å². The van der Waals surface area contributed by atoms with E-state index in [4.69, 9.17) is 22.3 Å². The summed E-state index contributed by atoms with van der Waals surface area (Å²) in [6, 6.07) is -0.833. The summed E-state index contributed by atoms with van der Waals surface area (Å²) in [5.74, 6) is 0. The normalized spacial score (nSPS) is 6.83. The van der Waals surface area contributed by atoms with Crippen molar-refractivity contribution >= 4 is 28.8 Å². The zero-order valence-corrected chi connectivity index (χ0v) is 11.6. The first kappa shape index (κ1) is 29.4. The van der Waals surface area contributed by atoms with Crippen LogP contribution in [0.2, 0.25) is 0 Å². The Hall–Kier alpha value is 0.586. The molecular weight excluding hydrogens is 305 g/mol. The molecule has 0 aromatic carbocycles. The summed E-state index contributed by atoms with van der Waals surface area (Å²) in [6.07, 6.45) is 0. The first-order valence-electron chi connectivity index (χ1n) is 1.48. The number of hydrogen-bond acceptors (Lipinski definition) is 3. The van der Waals surface area contributed by atoms with Gasteiger partial charge in [-0.3, -0.25) is 9.11 Å². The minimum Gasteiger partial charge on any atom is -0.352 e. The van der Waals surface area contributed by atoms with Gasteiger partial charge in [0.15, 0.2) is 0 Å². The van der Waals surface area contributed by atoms with Gasteiger partial charge < -0.3 is 11.5 Å². The molecule has 0 atom stereocenters. The number of carbonyl (C=O) groups is 1. The van der Waals surface area contributed by atoms with Crippen LogP contribution in [0.1, 0.15) is 0 Å². The van der Waals surface area contributed by atoms with Crippen LogP contribution >= 0.6 is 12.4 Å². The number of carbonyl (C=O) groups excluding carboxylic acids is 1. The van der Waals surface area contributed by atoms with Gasteiger partial charge in [-0.2, -0.15) is 8.42 Å². The molecule has 0 saturated carbocycles. The van der Waals surface area contributed by atoms with Crippen molar-refractivity contribution in [1.82, 2.24) is 0 Å². The SMILES string of the molecule is Cl.NC(N)=O.O=S(=O)(O)O.[Cr].[Zn]. The summed E-state index contributed by atoms with van der Waals surface area (Å²) in [7, 11) is -4.67. The van der Waals surface area contributed by atoms with Crippen molar-refractivity contribution in [3.63, 3.8) is 0 Å². The van der Waals surface area contributed by atoms with Gasteiger partial charge in [-0.1, -0.05) is 0 Å². The largest absolute Gasteiger partial charge is 0.394 e. The fraction of sp³-hybridized carbons (Fsp3) is 0. The molecule has 7 nitrogen and oxygen atoms in total. The molecule has 0 spiro atoms. The Morgan fingerprint density at radius 2 is 1.17 bits per heavy atom. The van der Waals surface area contributed by atoms with Crippen LogP contribution in [0.15, 0.2) is 0 Å². The van der Waals surface area contributed by atoms with Gasteiger partial charge in [0.2, 0.25) is 0 Å². The van der Waals surface area contributed by atoms with E-state index in [0.29, 0.717) is 0 Å². The van der Waals surface area contributed by atoms with E-state index >= 15 is 0 Å². The third kappa shape index (κ3) is 2830. The second-order valence-corrected chi connectivity index (χ2v) is 1.75. The molecule has 0 heterocycles. The van der Waals surface area contributed by atoms with Gasteiger partial charge >= 0.3 is 16.4 Å². The second kappa shape index (κ2) is 14.1. The Labute approximate surface area is 99.1 Å². The standard InChI is InChI=1S/CH4N2O.ClH.Cr.H2O4S.Zn/c2-1(3)4;;;1-5(2,3)4;/h(H4,2,3,4);1H;;(H2,1,2,3,4);. The van der Waals surface area contributed by atoms with E-state index in [-0.39, 0.29) is 49.2 Å². The summed E-state index contributed by atoms with van der Waals surface area (Å²) in [5.41, 5.74) is 8.50. The van der Waals surface area contributed by atoms with Gasteiger partial charge in [-0.15, -0.1) is 12.4 Å². The fourth-order valence-corrected chi connectivity index (χ4v) is 0. The molecule has 0 radical (unpaired) electrons. The molecule has 0 fully saturated rings. The molecule has 0 bridgehead atoms. The second-order valence-electron chi connectivity index (χ2n) is 0.850. The van der Waals surface area contributed by atoms with Crippen LogP contribution in [0.25, 0.3) is 0 Å². The zero-order valence-electron chi connectivity index (χ0n) is 5.71. The number of nitrogens with two attached hydrogens (primary N) is 2. The smallest absolute Gasteiger partial charge is 0.352 e. The van der Waals surface area contributed by atoms with Gasteiger partial charge in [0.25, 0.3) is 0 Å². The van der Waals surface area contributed by atoms with Crippen molar-refractivity contribution in [2.75, 3.05) is 0 Å². The van der Waals surface area contributed by atoms with Crippen LogP contribution in [0.3, 0.4) is 0 Å². The van der Waals surface area contributed by atoms with Crippen LogP contribution < -0.4 is 11.5 Å². The van der Waals surface area contributed by atoms with E-state index in [0.717, 1.165) is 0 Å². The predicted molar refractivity (Wildman–Crippen MR) is 35.2 cm³/mol. The van der Waals surface area contributed by atoms with Gasteiger partial charge in [-0.05, 0) is 0 Å². The van der Waals surface area contributed by atoms with E-state index < -0.39 is 16.4 Å². The Morgan fingerprint density at radius 3 is 1.17 bits per heavy atom. The topological polar surface area (TPSA) is 144 Å². The van der Waals surface area contributed by atoms with Crippen molar-refractivity contribution in [1.29, 1.82) is 0 Å². The molecule has 0 aliphatic heterocycles. The number of halogens is 1. The van der Waals surface area contributed by atoms with E-state index in [1.54, 1.807) is 0 Å². The molecule has 6 N–H and O–H groups in total. The molecule has 0 aliphatic rings. The predicted octanol–water partition coefficient (Wildman–Crippen LogP) is -1.21. The van der Waals surface area contributed by atoms with Crippen LogP contribution in [0.4, 0.5) is 4.79 Å². The first-order valence-corrected chi connectivity index (χ1v) is 2.88. The van der Waals surface area contributed by atoms with Crippen LogP contribution in [-0.4, -0.2) is 23.6 Å². The average Bonchev–Trinajstić information content (AvgIpc) is 1.19.